The highest BCUT2D eigenvalue weighted by Gasteiger charge is 2.13. The Morgan fingerprint density at radius 3 is 2.88 bits per heavy atom. The Balaban J connectivity index is 2.56. The van der Waals surface area contributed by atoms with Crippen molar-refractivity contribution in [3.05, 3.63) is 41.8 Å². The highest BCUT2D eigenvalue weighted by atomic mass is 19.1. The van der Waals surface area contributed by atoms with Crippen LogP contribution in [0, 0.1) is 12.7 Å². The average molecular weight is 215 g/mol. The lowest BCUT2D eigenvalue weighted by Crippen LogP contribution is -2.27. The summed E-state index contributed by atoms with van der Waals surface area (Å²) in [6.45, 7) is 1.79. The molecule has 0 atom stereocenters. The van der Waals surface area contributed by atoms with Crippen molar-refractivity contribution in [1.29, 1.82) is 0 Å². The number of hydrogen-bond donors (Lipinski definition) is 1. The lowest BCUT2D eigenvalue weighted by atomic mass is 10.1. The molecule has 0 aliphatic carbocycles. The van der Waals surface area contributed by atoms with Crippen molar-refractivity contribution in [2.24, 2.45) is 7.05 Å². The van der Waals surface area contributed by atoms with Gasteiger partial charge in [0.1, 0.15) is 11.3 Å². The van der Waals surface area contributed by atoms with Crippen molar-refractivity contribution < 1.29 is 8.96 Å². The minimum absolute atomic E-state index is 0.165. The number of halogens is 1. The van der Waals surface area contributed by atoms with E-state index in [2.05, 4.69) is 4.98 Å². The van der Waals surface area contributed by atoms with E-state index in [0.717, 1.165) is 21.9 Å². The second-order valence-corrected chi connectivity index (χ2v) is 4.15. The van der Waals surface area contributed by atoms with Crippen molar-refractivity contribution in [2.45, 2.75) is 6.92 Å². The molecular formula is C13H12FN2+. The van der Waals surface area contributed by atoms with E-state index in [1.165, 1.54) is 0 Å². The summed E-state index contributed by atoms with van der Waals surface area (Å²) >= 11 is 0. The molecule has 1 N–H and O–H groups in total. The molecule has 0 unspecified atom stereocenters. The quantitative estimate of drug-likeness (QED) is 0.556. The third-order valence-electron chi connectivity index (χ3n) is 3.02. The maximum atomic E-state index is 13.5. The fraction of sp³-hybridized carbons (Fsp3) is 0.154. The molecule has 0 spiro atoms. The molecule has 2 heterocycles. The summed E-state index contributed by atoms with van der Waals surface area (Å²) in [7, 11) is 1.97. The molecule has 3 aromatic rings. The molecule has 0 aliphatic heterocycles. The third kappa shape index (κ3) is 1.14. The normalized spacial score (nSPS) is 11.4. The van der Waals surface area contributed by atoms with Crippen molar-refractivity contribution in [1.82, 2.24) is 4.98 Å². The number of nitrogens with one attached hydrogen (secondary N) is 1. The highest BCUT2D eigenvalue weighted by Crippen LogP contribution is 2.25. The van der Waals surface area contributed by atoms with E-state index in [1.807, 2.05) is 36.0 Å². The fourth-order valence-electron chi connectivity index (χ4n) is 2.12. The Hall–Kier alpha value is -1.90. The van der Waals surface area contributed by atoms with E-state index in [0.29, 0.717) is 5.56 Å². The molecule has 0 radical (unpaired) electrons. The maximum absolute atomic E-state index is 13.5. The van der Waals surface area contributed by atoms with E-state index in [1.54, 1.807) is 13.0 Å². The Labute approximate surface area is 92.3 Å². The number of rotatable bonds is 0. The van der Waals surface area contributed by atoms with Gasteiger partial charge in [-0.25, -0.2) is 13.9 Å². The molecule has 2 nitrogen and oxygen atoms in total. The lowest BCUT2D eigenvalue weighted by Gasteiger charge is -1.94. The van der Waals surface area contributed by atoms with E-state index >= 15 is 0 Å². The molecule has 0 aliphatic rings. The molecule has 3 rings (SSSR count). The number of fused-ring (bicyclic) bond motifs is 3. The molecular weight excluding hydrogens is 203 g/mol. The molecule has 80 valence electrons. The summed E-state index contributed by atoms with van der Waals surface area (Å²) in [6, 6.07) is 7.49. The molecule has 16 heavy (non-hydrogen) atoms. The van der Waals surface area contributed by atoms with Gasteiger partial charge in [-0.2, -0.15) is 0 Å². The lowest BCUT2D eigenvalue weighted by molar-refractivity contribution is -0.646. The van der Waals surface area contributed by atoms with Gasteiger partial charge in [0.2, 0.25) is 0 Å². The van der Waals surface area contributed by atoms with E-state index in [4.69, 9.17) is 0 Å². The zero-order chi connectivity index (χ0) is 11.3. The van der Waals surface area contributed by atoms with Crippen LogP contribution in [-0.2, 0) is 7.05 Å². The molecule has 0 bridgehead atoms. The number of H-pyrrole nitrogens is 1. The van der Waals surface area contributed by atoms with Crippen molar-refractivity contribution >= 4 is 21.9 Å². The van der Waals surface area contributed by atoms with Gasteiger partial charge < -0.3 is 0 Å². The van der Waals surface area contributed by atoms with Gasteiger partial charge in [0.05, 0.1) is 18.6 Å². The first-order valence-corrected chi connectivity index (χ1v) is 5.23. The van der Waals surface area contributed by atoms with Crippen LogP contribution in [0.25, 0.3) is 21.9 Å². The zero-order valence-electron chi connectivity index (χ0n) is 9.21. The average Bonchev–Trinajstić information content (AvgIpc) is 2.59. The first-order chi connectivity index (χ1) is 7.66. The van der Waals surface area contributed by atoms with Gasteiger partial charge in [-0.15, -0.1) is 0 Å². The summed E-state index contributed by atoms with van der Waals surface area (Å²) in [5.74, 6) is -0.165. The second kappa shape index (κ2) is 3.04. The Morgan fingerprint density at radius 2 is 2.06 bits per heavy atom. The number of nitrogens with zero attached hydrogens (tertiary/aromatic N) is 1. The molecule has 0 fully saturated rings. The topological polar surface area (TPSA) is 19.7 Å². The minimum Gasteiger partial charge on any atom is -0.239 e. The van der Waals surface area contributed by atoms with Gasteiger partial charge in [-0.1, -0.05) is 0 Å². The molecule has 2 aromatic heterocycles. The van der Waals surface area contributed by atoms with Crippen LogP contribution in [0.1, 0.15) is 5.56 Å². The second-order valence-electron chi connectivity index (χ2n) is 4.15. The monoisotopic (exact) mass is 215 g/mol. The maximum Gasteiger partial charge on any atom is 0.287 e. The van der Waals surface area contributed by atoms with E-state index in [-0.39, 0.29) is 5.82 Å². The van der Waals surface area contributed by atoms with Crippen LogP contribution in [-0.4, -0.2) is 4.98 Å². The van der Waals surface area contributed by atoms with Gasteiger partial charge in [-0.3, -0.25) is 0 Å². The Kier molecular flexibility index (Phi) is 1.78. The van der Waals surface area contributed by atoms with Crippen molar-refractivity contribution in [3.8, 4) is 0 Å². The summed E-state index contributed by atoms with van der Waals surface area (Å²) in [5.41, 5.74) is 2.54. The molecule has 0 saturated carbocycles. The Morgan fingerprint density at radius 1 is 1.25 bits per heavy atom. The van der Waals surface area contributed by atoms with Gasteiger partial charge >= 0.3 is 0 Å². The van der Waals surface area contributed by atoms with Gasteiger partial charge in [-0.05, 0) is 30.7 Å². The van der Waals surface area contributed by atoms with Crippen LogP contribution in [0.3, 0.4) is 0 Å². The Bertz CT molecular complexity index is 698. The predicted molar refractivity (Wildman–Crippen MR) is 61.7 cm³/mol. The van der Waals surface area contributed by atoms with Gasteiger partial charge in [0.15, 0.2) is 0 Å². The number of hydrogen-bond acceptors (Lipinski definition) is 0. The van der Waals surface area contributed by atoms with Crippen molar-refractivity contribution in [2.75, 3.05) is 0 Å². The van der Waals surface area contributed by atoms with Crippen molar-refractivity contribution in [3.63, 3.8) is 0 Å². The van der Waals surface area contributed by atoms with Crippen LogP contribution < -0.4 is 4.57 Å². The van der Waals surface area contributed by atoms with Crippen LogP contribution >= 0.6 is 0 Å². The van der Waals surface area contributed by atoms with Crippen LogP contribution in [0.4, 0.5) is 4.39 Å². The molecule has 0 saturated heterocycles. The zero-order valence-corrected chi connectivity index (χ0v) is 9.21. The van der Waals surface area contributed by atoms with E-state index in [9.17, 15) is 4.39 Å². The first-order valence-electron chi connectivity index (χ1n) is 5.23. The summed E-state index contributed by atoms with van der Waals surface area (Å²) < 4.78 is 15.5. The number of pyridine rings is 1. The fourth-order valence-corrected chi connectivity index (χ4v) is 2.12. The first kappa shape index (κ1) is 9.33. The van der Waals surface area contributed by atoms with Gasteiger partial charge in [0, 0.05) is 11.5 Å². The van der Waals surface area contributed by atoms with Crippen LogP contribution in [0.2, 0.25) is 0 Å². The van der Waals surface area contributed by atoms with Crippen LogP contribution in [0.5, 0.6) is 0 Å². The number of aromatic amines is 1. The summed E-state index contributed by atoms with van der Waals surface area (Å²) in [6.07, 6.45) is 1.97. The largest absolute Gasteiger partial charge is 0.287 e. The SMILES string of the molecule is Cc1cc2c(cc1F)[nH]c1c2ccc[n+]1C. The smallest absolute Gasteiger partial charge is 0.239 e. The number of benzene rings is 1. The number of aromatic nitrogens is 2. The third-order valence-corrected chi connectivity index (χ3v) is 3.02. The summed E-state index contributed by atoms with van der Waals surface area (Å²) in [4.78, 5) is 3.24. The van der Waals surface area contributed by atoms with Crippen LogP contribution in [0.15, 0.2) is 30.5 Å². The minimum atomic E-state index is -0.165. The molecule has 3 heteroatoms. The number of aryl methyl sites for hydroxylation is 2. The highest BCUT2D eigenvalue weighted by molar-refractivity contribution is 6.04. The predicted octanol–water partition coefficient (Wildman–Crippen LogP) is 2.59. The van der Waals surface area contributed by atoms with Gasteiger partial charge in [0.25, 0.3) is 5.65 Å². The molecule has 1 aromatic carbocycles. The summed E-state index contributed by atoms with van der Waals surface area (Å²) in [5, 5.41) is 2.20. The standard InChI is InChI=1S/C13H11FN2/c1-8-6-10-9-4-3-5-16(2)13(9)15-12(10)7-11(8)14/h3-7H,1-2H3/p+1. The molecule has 0 amide bonds. The van der Waals surface area contributed by atoms with E-state index < -0.39 is 0 Å².